The predicted molar refractivity (Wildman–Crippen MR) is 70.8 cm³/mol. The van der Waals surface area contributed by atoms with Gasteiger partial charge in [-0.05, 0) is 24.1 Å². The van der Waals surface area contributed by atoms with Crippen LogP contribution in [0.5, 0.6) is 0 Å². The van der Waals surface area contributed by atoms with Crippen molar-refractivity contribution in [1.29, 1.82) is 0 Å². The van der Waals surface area contributed by atoms with Crippen molar-refractivity contribution in [3.05, 3.63) is 35.4 Å². The Morgan fingerprint density at radius 1 is 1.39 bits per heavy atom. The van der Waals surface area contributed by atoms with E-state index < -0.39 is 12.2 Å². The first-order chi connectivity index (χ1) is 8.47. The summed E-state index contributed by atoms with van der Waals surface area (Å²) in [5.41, 5.74) is 0.995. The van der Waals surface area contributed by atoms with Gasteiger partial charge in [0.1, 0.15) is 6.10 Å². The Morgan fingerprint density at radius 3 is 2.61 bits per heavy atom. The highest BCUT2D eigenvalue weighted by atomic mass is 35.5. The Labute approximate surface area is 112 Å². The van der Waals surface area contributed by atoms with Gasteiger partial charge in [0.15, 0.2) is 0 Å². The number of benzene rings is 1. The Balaban J connectivity index is 2.91. The van der Waals surface area contributed by atoms with Crippen molar-refractivity contribution in [2.24, 2.45) is 0 Å². The summed E-state index contributed by atoms with van der Waals surface area (Å²) in [7, 11) is 3.32. The Bertz CT molecular complexity index is 409. The molecular weight excluding hydrogens is 254 g/mol. The lowest BCUT2D eigenvalue weighted by molar-refractivity contribution is 0.0169. The summed E-state index contributed by atoms with van der Waals surface area (Å²) in [5, 5.41) is 19.6. The molecule has 0 bridgehead atoms. The second-order valence-corrected chi connectivity index (χ2v) is 4.69. The maximum absolute atomic E-state index is 11.8. The minimum Gasteiger partial charge on any atom is -0.390 e. The van der Waals surface area contributed by atoms with Crippen LogP contribution in [0.4, 0.5) is 0 Å². The van der Waals surface area contributed by atoms with Crippen LogP contribution in [0.2, 0.25) is 0 Å². The first kappa shape index (κ1) is 15.0. The number of aliphatic hydroxyl groups is 2. The van der Waals surface area contributed by atoms with E-state index in [1.165, 1.54) is 4.90 Å². The lowest BCUT2D eigenvalue weighted by atomic mass is 10.0. The molecule has 4 nitrogen and oxygen atoms in total. The number of carbonyl (C=O) groups is 1. The molecule has 0 aliphatic rings. The van der Waals surface area contributed by atoms with Crippen LogP contribution in [0, 0.1) is 0 Å². The number of carbonyl (C=O) groups excluding carboxylic acids is 1. The van der Waals surface area contributed by atoms with E-state index in [1.807, 2.05) is 0 Å². The first-order valence-electron chi connectivity index (χ1n) is 5.71. The molecule has 5 heteroatoms. The molecule has 0 aromatic heterocycles. The van der Waals surface area contributed by atoms with Gasteiger partial charge in [-0.15, -0.1) is 11.6 Å². The van der Waals surface area contributed by atoms with Gasteiger partial charge in [0.05, 0.1) is 6.10 Å². The van der Waals surface area contributed by atoms with Crippen LogP contribution >= 0.6 is 11.6 Å². The van der Waals surface area contributed by atoms with Crippen molar-refractivity contribution in [2.75, 3.05) is 20.0 Å². The molecule has 0 aliphatic heterocycles. The van der Waals surface area contributed by atoms with E-state index in [0.717, 1.165) is 0 Å². The maximum Gasteiger partial charge on any atom is 0.253 e. The second-order valence-electron chi connectivity index (χ2n) is 4.31. The van der Waals surface area contributed by atoms with Gasteiger partial charge in [-0.1, -0.05) is 12.1 Å². The fourth-order valence-corrected chi connectivity index (χ4v) is 1.83. The summed E-state index contributed by atoms with van der Waals surface area (Å²) in [5.74, 6) is 0.130. The van der Waals surface area contributed by atoms with Crippen LogP contribution in [-0.2, 0) is 0 Å². The van der Waals surface area contributed by atoms with Crippen LogP contribution in [0.25, 0.3) is 0 Å². The highest BCUT2D eigenvalue weighted by Gasteiger charge is 2.19. The molecule has 2 atom stereocenters. The molecule has 0 aliphatic carbocycles. The van der Waals surface area contributed by atoms with E-state index in [1.54, 1.807) is 38.4 Å². The van der Waals surface area contributed by atoms with Gasteiger partial charge < -0.3 is 15.1 Å². The first-order valence-corrected chi connectivity index (χ1v) is 6.24. The molecule has 0 saturated carbocycles. The minimum atomic E-state index is -1.03. The third kappa shape index (κ3) is 3.70. The standard InChI is InChI=1S/C13H18ClNO3/c1-15(2)13(18)10-5-3-4-9(8-10)12(17)11(16)6-7-14/h3-5,8,11-12,16-17H,6-7H2,1-2H3. The fourth-order valence-electron chi connectivity index (χ4n) is 1.61. The number of rotatable bonds is 5. The largest absolute Gasteiger partial charge is 0.390 e. The molecule has 1 rings (SSSR count). The molecular formula is C13H18ClNO3. The van der Waals surface area contributed by atoms with Gasteiger partial charge in [0.25, 0.3) is 5.91 Å². The normalized spacial score (nSPS) is 14.1. The summed E-state index contributed by atoms with van der Waals surface area (Å²) in [4.78, 5) is 13.2. The van der Waals surface area contributed by atoms with Gasteiger partial charge in [0.2, 0.25) is 0 Å². The highest BCUT2D eigenvalue weighted by molar-refractivity contribution is 6.17. The number of nitrogens with zero attached hydrogens (tertiary/aromatic N) is 1. The van der Waals surface area contributed by atoms with Crippen molar-refractivity contribution in [3.63, 3.8) is 0 Å². The number of hydrogen-bond donors (Lipinski definition) is 2. The summed E-state index contributed by atoms with van der Waals surface area (Å²) in [6, 6.07) is 6.62. The van der Waals surface area contributed by atoms with Crippen molar-refractivity contribution < 1.29 is 15.0 Å². The SMILES string of the molecule is CN(C)C(=O)c1cccc(C(O)C(O)CCCl)c1. The highest BCUT2D eigenvalue weighted by Crippen LogP contribution is 2.20. The van der Waals surface area contributed by atoms with E-state index in [-0.39, 0.29) is 11.8 Å². The average Bonchev–Trinajstić information content (AvgIpc) is 2.37. The molecule has 1 aromatic rings. The lowest BCUT2D eigenvalue weighted by Crippen LogP contribution is -2.23. The molecule has 1 aromatic carbocycles. The zero-order valence-corrected chi connectivity index (χ0v) is 11.3. The summed E-state index contributed by atoms with van der Waals surface area (Å²) in [6.45, 7) is 0. The lowest BCUT2D eigenvalue weighted by Gasteiger charge is -2.18. The topological polar surface area (TPSA) is 60.8 Å². The van der Waals surface area contributed by atoms with Gasteiger partial charge in [-0.25, -0.2) is 0 Å². The van der Waals surface area contributed by atoms with E-state index in [4.69, 9.17) is 11.6 Å². The molecule has 0 spiro atoms. The number of halogens is 1. The molecule has 1 amide bonds. The number of hydrogen-bond acceptors (Lipinski definition) is 3. The van der Waals surface area contributed by atoms with Crippen LogP contribution in [0.3, 0.4) is 0 Å². The Hall–Kier alpha value is -1.10. The monoisotopic (exact) mass is 271 g/mol. The van der Waals surface area contributed by atoms with Crippen molar-refractivity contribution >= 4 is 17.5 Å². The van der Waals surface area contributed by atoms with Crippen molar-refractivity contribution in [2.45, 2.75) is 18.6 Å². The molecule has 2 unspecified atom stereocenters. The zero-order valence-electron chi connectivity index (χ0n) is 10.5. The molecule has 0 heterocycles. The minimum absolute atomic E-state index is 0.143. The number of alkyl halides is 1. The predicted octanol–water partition coefficient (Wildman–Crippen LogP) is 1.41. The van der Waals surface area contributed by atoms with E-state index in [2.05, 4.69) is 0 Å². The van der Waals surface area contributed by atoms with E-state index in [0.29, 0.717) is 17.5 Å². The number of amides is 1. The Morgan fingerprint density at radius 2 is 2.06 bits per heavy atom. The van der Waals surface area contributed by atoms with Crippen LogP contribution in [0.15, 0.2) is 24.3 Å². The van der Waals surface area contributed by atoms with Gasteiger partial charge >= 0.3 is 0 Å². The summed E-state index contributed by atoms with van der Waals surface area (Å²) < 4.78 is 0. The zero-order chi connectivity index (χ0) is 13.7. The van der Waals surface area contributed by atoms with Crippen LogP contribution < -0.4 is 0 Å². The molecule has 18 heavy (non-hydrogen) atoms. The fraction of sp³-hybridized carbons (Fsp3) is 0.462. The van der Waals surface area contributed by atoms with Crippen LogP contribution in [0.1, 0.15) is 28.4 Å². The number of aliphatic hydroxyl groups excluding tert-OH is 2. The van der Waals surface area contributed by atoms with Crippen LogP contribution in [-0.4, -0.2) is 47.1 Å². The third-order valence-corrected chi connectivity index (χ3v) is 2.87. The molecule has 0 saturated heterocycles. The van der Waals surface area contributed by atoms with Gasteiger partial charge in [-0.2, -0.15) is 0 Å². The molecule has 100 valence electrons. The second kappa shape index (κ2) is 6.73. The third-order valence-electron chi connectivity index (χ3n) is 2.65. The van der Waals surface area contributed by atoms with E-state index in [9.17, 15) is 15.0 Å². The quantitative estimate of drug-likeness (QED) is 0.796. The molecule has 0 radical (unpaired) electrons. The van der Waals surface area contributed by atoms with Crippen molar-refractivity contribution in [3.8, 4) is 0 Å². The summed E-state index contributed by atoms with van der Waals surface area (Å²) in [6.07, 6.45) is -1.65. The molecule has 2 N–H and O–H groups in total. The average molecular weight is 272 g/mol. The smallest absolute Gasteiger partial charge is 0.253 e. The Kier molecular flexibility index (Phi) is 5.59. The van der Waals surface area contributed by atoms with Gasteiger partial charge in [0, 0.05) is 25.5 Å². The maximum atomic E-state index is 11.8. The van der Waals surface area contributed by atoms with Crippen molar-refractivity contribution in [1.82, 2.24) is 4.90 Å². The molecule has 0 fully saturated rings. The van der Waals surface area contributed by atoms with Gasteiger partial charge in [-0.3, -0.25) is 4.79 Å². The van der Waals surface area contributed by atoms with E-state index >= 15 is 0 Å². The summed E-state index contributed by atoms with van der Waals surface area (Å²) >= 11 is 5.52.